The van der Waals surface area contributed by atoms with Crippen molar-refractivity contribution >= 4 is 64.6 Å². The Morgan fingerprint density at radius 1 is 0.809 bits per heavy atom. The van der Waals surface area contributed by atoms with Crippen molar-refractivity contribution in [3.8, 4) is 0 Å². The van der Waals surface area contributed by atoms with E-state index in [1.54, 1.807) is 17.0 Å². The normalized spacial score (nSPS) is 19.0. The number of rotatable bonds is 6. The van der Waals surface area contributed by atoms with Crippen molar-refractivity contribution in [2.24, 2.45) is 0 Å². The van der Waals surface area contributed by atoms with E-state index in [4.69, 9.17) is 36.2 Å². The topological polar surface area (TPSA) is 107 Å². The first kappa shape index (κ1) is 38.8. The SMILES string of the molecule is C[C@H](c1ccc(Cl)cc1)N1C(=O)C([Se]c2ccccc2)C(c2ccccc2)NC(=O)[C@@H]1c1ccc(Cl)cc1.O=S(=O)([O-])C(F)(F)F.[Ag+]. The zero-order chi connectivity index (χ0) is 33.6. The molecule has 1 aliphatic heterocycles. The first-order valence-corrected chi connectivity index (χ1v) is 17.6. The Labute approximate surface area is 302 Å². The van der Waals surface area contributed by atoms with E-state index >= 15 is 0 Å². The van der Waals surface area contributed by atoms with Crippen LogP contribution >= 0.6 is 23.2 Å². The van der Waals surface area contributed by atoms with Gasteiger partial charge in [0, 0.05) is 0 Å². The molecule has 0 spiro atoms. The Kier molecular flexibility index (Phi) is 13.7. The van der Waals surface area contributed by atoms with Gasteiger partial charge < -0.3 is 4.55 Å². The van der Waals surface area contributed by atoms with E-state index in [-0.39, 0.29) is 55.2 Å². The summed E-state index contributed by atoms with van der Waals surface area (Å²) in [5.74, 6) is -0.287. The van der Waals surface area contributed by atoms with Crippen molar-refractivity contribution < 1.29 is 58.1 Å². The van der Waals surface area contributed by atoms with E-state index < -0.39 is 32.5 Å². The molecule has 1 saturated heterocycles. The number of benzene rings is 4. The molecule has 7 nitrogen and oxygen atoms in total. The van der Waals surface area contributed by atoms with Gasteiger partial charge in [-0.05, 0) is 0 Å². The van der Waals surface area contributed by atoms with Crippen molar-refractivity contribution in [3.63, 3.8) is 0 Å². The van der Waals surface area contributed by atoms with Crippen molar-refractivity contribution in [3.05, 3.63) is 136 Å². The summed E-state index contributed by atoms with van der Waals surface area (Å²) >= 11 is 12.1. The quantitative estimate of drug-likeness (QED) is 0.138. The van der Waals surface area contributed by atoms with Gasteiger partial charge in [0.05, 0.1) is 0 Å². The molecule has 1 fully saturated rings. The van der Waals surface area contributed by atoms with Crippen molar-refractivity contribution in [2.75, 3.05) is 0 Å². The maximum absolute atomic E-state index is 14.7. The number of amides is 2. The van der Waals surface area contributed by atoms with Gasteiger partial charge in [0.1, 0.15) is 0 Å². The number of carbonyl (C=O) groups excluding carboxylic acids is 2. The fraction of sp³-hybridized carbons (Fsp3) is 0.188. The van der Waals surface area contributed by atoms with Gasteiger partial charge in [0.15, 0.2) is 10.1 Å². The summed E-state index contributed by atoms with van der Waals surface area (Å²) in [7, 11) is -6.09. The van der Waals surface area contributed by atoms with Gasteiger partial charge in [-0.25, -0.2) is 8.42 Å². The third kappa shape index (κ3) is 9.95. The van der Waals surface area contributed by atoms with Gasteiger partial charge in [-0.1, -0.05) is 0 Å². The molecule has 2 amide bonds. The minimum atomic E-state index is -6.09. The third-order valence-electron chi connectivity index (χ3n) is 7.03. The second-order valence-electron chi connectivity index (χ2n) is 10.1. The summed E-state index contributed by atoms with van der Waals surface area (Å²) in [6.45, 7) is 1.97. The number of carbonyl (C=O) groups is 2. The third-order valence-corrected chi connectivity index (χ3v) is 10.8. The van der Waals surface area contributed by atoms with Crippen LogP contribution in [0.15, 0.2) is 109 Å². The minimum absolute atomic E-state index is 0. The molecule has 1 heterocycles. The van der Waals surface area contributed by atoms with Crippen LogP contribution < -0.4 is 9.78 Å². The van der Waals surface area contributed by atoms with Crippen molar-refractivity contribution in [1.29, 1.82) is 0 Å². The Morgan fingerprint density at radius 3 is 1.77 bits per heavy atom. The van der Waals surface area contributed by atoms with E-state index in [0.717, 1.165) is 15.6 Å². The zero-order valence-corrected chi connectivity index (χ0v) is 29.7. The summed E-state index contributed by atoms with van der Waals surface area (Å²) in [4.78, 5) is 30.1. The molecule has 252 valence electrons. The average molecular weight is 865 g/mol. The summed E-state index contributed by atoms with van der Waals surface area (Å²) in [6.07, 6.45) is 0. The van der Waals surface area contributed by atoms with Crippen LogP contribution in [0.1, 0.15) is 41.7 Å². The van der Waals surface area contributed by atoms with Crippen molar-refractivity contribution in [1.82, 2.24) is 10.2 Å². The summed E-state index contributed by atoms with van der Waals surface area (Å²) in [5, 5.41) is 4.45. The van der Waals surface area contributed by atoms with E-state index in [9.17, 15) is 22.8 Å². The molecule has 15 heteroatoms. The first-order valence-electron chi connectivity index (χ1n) is 13.6. The van der Waals surface area contributed by atoms with E-state index in [1.807, 2.05) is 104 Å². The standard InChI is InChI=1S/C31H26Cl2N2O2Se.CHF3O3S.Ag/c1-20(21-12-16-24(32)17-13-21)35-28(23-14-18-25(33)19-15-23)30(36)34-27(22-8-4-2-5-9-22)29(31(35)37)38-26-10-6-3-7-11-26;2-1(3,4)8(5,6)7;/h2-20,27-29H,1H3,(H,34,36);(H,5,6,7);/q;;+1/p-1/t20-,27?,28+,29?;;/m1../s1. The van der Waals surface area contributed by atoms with Gasteiger partial charge in [0.25, 0.3) is 0 Å². The summed E-state index contributed by atoms with van der Waals surface area (Å²) in [5.41, 5.74) is -3.13. The molecule has 4 atom stereocenters. The monoisotopic (exact) mass is 864 g/mol. The van der Waals surface area contributed by atoms with Gasteiger partial charge in [-0.2, -0.15) is 13.2 Å². The molecule has 4 aromatic rings. The fourth-order valence-corrected chi connectivity index (χ4v) is 7.56. The number of hydrogen-bond donors (Lipinski definition) is 1. The van der Waals surface area contributed by atoms with Gasteiger partial charge in [0.2, 0.25) is 0 Å². The predicted octanol–water partition coefficient (Wildman–Crippen LogP) is 6.36. The molecule has 1 aliphatic rings. The van der Waals surface area contributed by atoms with E-state index in [0.29, 0.717) is 15.6 Å². The molecule has 0 aromatic heterocycles. The van der Waals surface area contributed by atoms with Crippen LogP contribution in [0.3, 0.4) is 0 Å². The molecular formula is C32H26AgCl2F3N2O5SSe. The molecule has 2 unspecified atom stereocenters. The fourth-order valence-electron chi connectivity index (χ4n) is 4.81. The molecule has 0 saturated carbocycles. The molecule has 0 bridgehead atoms. The van der Waals surface area contributed by atoms with Crippen LogP contribution in [0, 0.1) is 0 Å². The summed E-state index contributed by atoms with van der Waals surface area (Å²) < 4.78 is 60.0. The summed E-state index contributed by atoms with van der Waals surface area (Å²) in [6, 6.07) is 32.7. The van der Waals surface area contributed by atoms with Gasteiger partial charge in [-0.3, -0.25) is 0 Å². The zero-order valence-electron chi connectivity index (χ0n) is 24.2. The second kappa shape index (κ2) is 16.6. The van der Waals surface area contributed by atoms with E-state index in [2.05, 4.69) is 5.32 Å². The van der Waals surface area contributed by atoms with Crippen molar-refractivity contribution in [2.45, 2.75) is 35.4 Å². The smallest absolute Gasteiger partial charge is 0.741 e. The largest absolute Gasteiger partial charge is 1.00 e. The number of alkyl halides is 3. The van der Waals surface area contributed by atoms with Gasteiger partial charge >= 0.3 is 268 Å². The molecule has 5 rings (SSSR count). The Balaban J connectivity index is 0.000000594. The Hall–Kier alpha value is -2.64. The number of hydrogen-bond acceptors (Lipinski definition) is 5. The number of nitrogens with one attached hydrogen (secondary N) is 1. The molecule has 4 aromatic carbocycles. The molecule has 1 N–H and O–H groups in total. The maximum Gasteiger partial charge on any atom is 1.00 e. The average Bonchev–Trinajstić information content (AvgIpc) is 3.12. The predicted molar refractivity (Wildman–Crippen MR) is 170 cm³/mol. The number of nitrogens with zero attached hydrogens (tertiary/aromatic N) is 1. The number of halogens is 5. The van der Waals surface area contributed by atoms with Crippen LogP contribution in [0.2, 0.25) is 14.9 Å². The van der Waals surface area contributed by atoms with Crippen LogP contribution in [0.5, 0.6) is 0 Å². The Bertz CT molecular complexity index is 1760. The van der Waals surface area contributed by atoms with Crippen LogP contribution in [0.25, 0.3) is 0 Å². The van der Waals surface area contributed by atoms with Crippen LogP contribution in [-0.4, -0.2) is 50.1 Å². The Morgan fingerprint density at radius 2 is 1.28 bits per heavy atom. The van der Waals surface area contributed by atoms with Gasteiger partial charge in [-0.15, -0.1) is 0 Å². The molecular weight excluding hydrogens is 839 g/mol. The maximum atomic E-state index is 14.7. The second-order valence-corrected chi connectivity index (χ2v) is 14.9. The van der Waals surface area contributed by atoms with Crippen LogP contribution in [0.4, 0.5) is 13.2 Å². The molecule has 47 heavy (non-hydrogen) atoms. The van der Waals surface area contributed by atoms with Crippen LogP contribution in [-0.2, 0) is 42.1 Å². The minimum Gasteiger partial charge on any atom is -0.741 e. The molecule has 0 aliphatic carbocycles. The van der Waals surface area contributed by atoms with E-state index in [1.165, 1.54) is 0 Å². The first-order chi connectivity index (χ1) is 21.7. The molecule has 0 radical (unpaired) electrons.